The summed E-state index contributed by atoms with van der Waals surface area (Å²) in [5.74, 6) is 1.22. The highest BCUT2D eigenvalue weighted by Crippen LogP contribution is 2.50. The second kappa shape index (κ2) is 10.00. The van der Waals surface area contributed by atoms with Crippen molar-refractivity contribution in [3.05, 3.63) is 89.0 Å². The molecule has 0 saturated carbocycles. The van der Waals surface area contributed by atoms with Crippen LogP contribution in [0.15, 0.2) is 66.7 Å². The minimum atomic E-state index is -3.69. The van der Waals surface area contributed by atoms with Crippen molar-refractivity contribution in [2.24, 2.45) is 0 Å². The second-order valence-electron chi connectivity index (χ2n) is 7.22. The molecule has 0 amide bonds. The fourth-order valence-electron chi connectivity index (χ4n) is 3.76. The number of benzene rings is 3. The van der Waals surface area contributed by atoms with Gasteiger partial charge in [-0.1, -0.05) is 76.2 Å². The van der Waals surface area contributed by atoms with Crippen LogP contribution in [-0.2, 0) is 30.2 Å². The van der Waals surface area contributed by atoms with Crippen LogP contribution in [0.2, 0.25) is 0 Å². The van der Waals surface area contributed by atoms with Crippen molar-refractivity contribution in [1.29, 1.82) is 0 Å². The fraction of sp³-hybridized carbons (Fsp3) is 0.308. The van der Waals surface area contributed by atoms with E-state index in [1.807, 2.05) is 60.7 Å². The molecule has 0 bridgehead atoms. The van der Waals surface area contributed by atoms with Crippen molar-refractivity contribution < 1.29 is 13.6 Å². The Morgan fingerprint density at radius 1 is 0.600 bits per heavy atom. The average Bonchev–Trinajstić information content (AvgIpc) is 2.79. The van der Waals surface area contributed by atoms with Crippen LogP contribution >= 0.6 is 7.60 Å². The van der Waals surface area contributed by atoms with E-state index < -0.39 is 7.60 Å². The van der Waals surface area contributed by atoms with E-state index in [0.717, 1.165) is 42.4 Å². The summed E-state index contributed by atoms with van der Waals surface area (Å²) >= 11 is 0. The van der Waals surface area contributed by atoms with E-state index in [4.69, 9.17) is 9.05 Å². The molecular weight excluding hydrogens is 391 g/mol. The van der Waals surface area contributed by atoms with Gasteiger partial charge in [-0.15, -0.1) is 0 Å². The van der Waals surface area contributed by atoms with Gasteiger partial charge in [0.2, 0.25) is 0 Å². The van der Waals surface area contributed by atoms with E-state index >= 15 is 0 Å². The molecule has 158 valence electrons. The Balaban J connectivity index is 2.17. The van der Waals surface area contributed by atoms with E-state index in [0.29, 0.717) is 16.8 Å². The third kappa shape index (κ3) is 4.63. The Morgan fingerprint density at radius 3 is 1.53 bits per heavy atom. The number of aryl methyl sites for hydroxylation is 3. The van der Waals surface area contributed by atoms with Gasteiger partial charge in [0, 0.05) is 0 Å². The Morgan fingerprint density at radius 2 is 1.07 bits per heavy atom. The molecule has 3 nitrogen and oxygen atoms in total. The van der Waals surface area contributed by atoms with Crippen molar-refractivity contribution in [2.45, 2.75) is 53.4 Å². The lowest BCUT2D eigenvalue weighted by atomic mass is 10.0. The maximum Gasteiger partial charge on any atom is 0.463 e. The van der Waals surface area contributed by atoms with Gasteiger partial charge in [0.05, 0.1) is 5.30 Å². The zero-order chi connectivity index (χ0) is 21.6. The molecule has 0 unspecified atom stereocenters. The molecule has 0 N–H and O–H groups in total. The maximum atomic E-state index is 14.5. The van der Waals surface area contributed by atoms with Gasteiger partial charge in [0.25, 0.3) is 0 Å². The summed E-state index contributed by atoms with van der Waals surface area (Å²) in [6.45, 7) is 8.33. The molecule has 0 aliphatic heterocycles. The maximum absolute atomic E-state index is 14.5. The molecule has 0 spiro atoms. The van der Waals surface area contributed by atoms with Gasteiger partial charge in [-0.2, -0.15) is 0 Å². The van der Waals surface area contributed by atoms with Crippen molar-refractivity contribution in [3.63, 3.8) is 0 Å². The predicted molar refractivity (Wildman–Crippen MR) is 125 cm³/mol. The summed E-state index contributed by atoms with van der Waals surface area (Å²) in [5.41, 5.74) is 4.24. The first kappa shape index (κ1) is 22.2. The van der Waals surface area contributed by atoms with Crippen molar-refractivity contribution in [2.75, 3.05) is 0 Å². The summed E-state index contributed by atoms with van der Waals surface area (Å²) in [6, 6.07) is 21.4. The Kier molecular flexibility index (Phi) is 7.39. The molecule has 0 aliphatic rings. The van der Waals surface area contributed by atoms with Crippen LogP contribution in [0.3, 0.4) is 0 Å². The van der Waals surface area contributed by atoms with Crippen LogP contribution in [0.25, 0.3) is 0 Å². The molecule has 3 aromatic carbocycles. The van der Waals surface area contributed by atoms with Gasteiger partial charge >= 0.3 is 7.60 Å². The molecule has 3 aromatic rings. The molecule has 3 rings (SSSR count). The lowest BCUT2D eigenvalue weighted by Gasteiger charge is -2.25. The molecule has 0 saturated heterocycles. The third-order valence-corrected chi connectivity index (χ3v) is 7.31. The van der Waals surface area contributed by atoms with Gasteiger partial charge in [-0.05, 0) is 66.1 Å². The normalized spacial score (nSPS) is 11.3. The fourth-order valence-corrected chi connectivity index (χ4v) is 5.77. The minimum Gasteiger partial charge on any atom is -0.413 e. The van der Waals surface area contributed by atoms with Gasteiger partial charge in [-0.25, -0.2) is 4.57 Å². The predicted octanol–water partition coefficient (Wildman–Crippen LogP) is 6.91. The van der Waals surface area contributed by atoms with Crippen LogP contribution in [-0.4, -0.2) is 0 Å². The molecular formula is C26H31O3P. The minimum absolute atomic E-state index is 0.612. The van der Waals surface area contributed by atoms with Crippen LogP contribution in [0, 0.1) is 0 Å². The van der Waals surface area contributed by atoms with E-state index in [2.05, 4.69) is 33.8 Å². The van der Waals surface area contributed by atoms with E-state index in [1.165, 1.54) is 5.56 Å². The highest BCUT2D eigenvalue weighted by atomic mass is 31.2. The Hall–Kier alpha value is -2.51. The molecule has 0 aliphatic carbocycles. The zero-order valence-electron chi connectivity index (χ0n) is 18.4. The van der Waals surface area contributed by atoms with E-state index in [-0.39, 0.29) is 0 Å². The second-order valence-corrected chi connectivity index (χ2v) is 9.07. The largest absolute Gasteiger partial charge is 0.463 e. The highest BCUT2D eigenvalue weighted by molar-refractivity contribution is 7.63. The summed E-state index contributed by atoms with van der Waals surface area (Å²) in [4.78, 5) is 0. The summed E-state index contributed by atoms with van der Waals surface area (Å²) in [6.07, 6.45) is 3.21. The molecule has 0 radical (unpaired) electrons. The Labute approximate surface area is 180 Å². The monoisotopic (exact) mass is 422 g/mol. The number of hydrogen-bond donors (Lipinski definition) is 0. The number of para-hydroxylation sites is 2. The lowest BCUT2D eigenvalue weighted by molar-refractivity contribution is 0.395. The van der Waals surface area contributed by atoms with Gasteiger partial charge < -0.3 is 9.05 Å². The van der Waals surface area contributed by atoms with Crippen LogP contribution in [0.1, 0.15) is 49.9 Å². The van der Waals surface area contributed by atoms with Gasteiger partial charge in [-0.3, -0.25) is 0 Å². The topological polar surface area (TPSA) is 35.5 Å². The zero-order valence-corrected chi connectivity index (χ0v) is 19.2. The van der Waals surface area contributed by atoms with Crippen molar-refractivity contribution in [1.82, 2.24) is 0 Å². The van der Waals surface area contributed by atoms with Gasteiger partial charge in [0.15, 0.2) is 0 Å². The SMILES string of the molecule is CCc1ccccc1OP(=O)(Oc1ccccc1CC)c1cccc(CC)c1CC. The molecule has 30 heavy (non-hydrogen) atoms. The van der Waals surface area contributed by atoms with E-state index in [1.54, 1.807) is 0 Å². The standard InChI is InChI=1S/C26H31O3P/c1-5-20-16-13-19-26(23(20)8-4)30(27,28-24-17-11-9-14-21(24)6-2)29-25-18-12-10-15-22(25)7-3/h9-19H,5-8H2,1-4H3. The smallest absolute Gasteiger partial charge is 0.413 e. The lowest BCUT2D eigenvalue weighted by Crippen LogP contribution is -2.21. The first-order valence-electron chi connectivity index (χ1n) is 10.8. The van der Waals surface area contributed by atoms with Crippen LogP contribution < -0.4 is 14.4 Å². The number of hydrogen-bond acceptors (Lipinski definition) is 3. The average molecular weight is 423 g/mol. The van der Waals surface area contributed by atoms with Crippen molar-refractivity contribution >= 4 is 12.9 Å². The molecule has 4 heteroatoms. The highest BCUT2D eigenvalue weighted by Gasteiger charge is 2.35. The molecule has 0 atom stereocenters. The summed E-state index contributed by atoms with van der Waals surface area (Å²) < 4.78 is 27.1. The van der Waals surface area contributed by atoms with E-state index in [9.17, 15) is 4.57 Å². The summed E-state index contributed by atoms with van der Waals surface area (Å²) in [5, 5.41) is 0.654. The molecule has 0 heterocycles. The van der Waals surface area contributed by atoms with Crippen LogP contribution in [0.5, 0.6) is 11.5 Å². The molecule has 0 aromatic heterocycles. The van der Waals surface area contributed by atoms with Crippen LogP contribution in [0.4, 0.5) is 0 Å². The van der Waals surface area contributed by atoms with Gasteiger partial charge in [0.1, 0.15) is 11.5 Å². The van der Waals surface area contributed by atoms with Crippen molar-refractivity contribution in [3.8, 4) is 11.5 Å². The number of rotatable bonds is 9. The first-order valence-corrected chi connectivity index (χ1v) is 12.4. The Bertz CT molecular complexity index is 988. The first-order chi connectivity index (χ1) is 14.6. The molecule has 0 fully saturated rings. The summed E-state index contributed by atoms with van der Waals surface area (Å²) in [7, 11) is -3.69. The quantitative estimate of drug-likeness (QED) is 0.351. The third-order valence-electron chi connectivity index (χ3n) is 5.42.